The van der Waals surface area contributed by atoms with Crippen molar-refractivity contribution in [3.05, 3.63) is 85.5 Å². The van der Waals surface area contributed by atoms with Gasteiger partial charge in [0.25, 0.3) is 0 Å². The van der Waals surface area contributed by atoms with Crippen LogP contribution in [-0.4, -0.2) is 98.1 Å². The first-order chi connectivity index (χ1) is 28.4. The number of carbonyl (C=O) groups is 4. The number of anilines is 1. The van der Waals surface area contributed by atoms with Crippen LogP contribution in [0.3, 0.4) is 0 Å². The molecule has 0 amide bonds. The molecule has 0 radical (unpaired) electrons. The summed E-state index contributed by atoms with van der Waals surface area (Å²) in [4.78, 5) is 64.2. The van der Waals surface area contributed by atoms with Gasteiger partial charge in [0.1, 0.15) is 0 Å². The van der Waals surface area contributed by atoms with Crippen LogP contribution in [0, 0.1) is 0 Å². The standard InChI is InChI=1S/C44H45NO12Se2/c1-6-45(7-2)28-9-10-29-30(22-44(51)57-33(29)21-28)25(3)56-43(50)14-12-32(47)41-20-27-18-37(35(53-5)24-39(27)59-41)55-16-8-15-54-36-17-26-19-40(31(46)11-13-42(48)49)58-38(26)23-34(36)52-4/h9-10,17-25H,6-8,11-16H2,1-5H3,(H,48,49). The Morgan fingerprint density at radius 2 is 1.29 bits per heavy atom. The Labute approximate surface area is 352 Å². The zero-order chi connectivity index (χ0) is 42.2. The van der Waals surface area contributed by atoms with Crippen molar-refractivity contribution in [2.45, 2.75) is 59.0 Å². The van der Waals surface area contributed by atoms with Crippen LogP contribution in [0.4, 0.5) is 5.69 Å². The van der Waals surface area contributed by atoms with Crippen molar-refractivity contribution in [1.82, 2.24) is 0 Å². The topological polar surface area (TPSA) is 168 Å². The summed E-state index contributed by atoms with van der Waals surface area (Å²) in [7, 11) is 3.11. The first-order valence-electron chi connectivity index (χ1n) is 19.2. The van der Waals surface area contributed by atoms with Crippen molar-refractivity contribution in [2.75, 3.05) is 45.4 Å². The first kappa shape index (κ1) is 43.3. The minimum atomic E-state index is -1.00. The summed E-state index contributed by atoms with van der Waals surface area (Å²) in [5, 5.41) is 11.3. The maximum absolute atomic E-state index is 13.3. The third kappa shape index (κ3) is 10.5. The Kier molecular flexibility index (Phi) is 14.4. The summed E-state index contributed by atoms with van der Waals surface area (Å²) in [5.41, 5.74) is 1.35. The second-order valence-corrected chi connectivity index (χ2v) is 18.1. The van der Waals surface area contributed by atoms with Crippen LogP contribution in [0.1, 0.15) is 83.0 Å². The van der Waals surface area contributed by atoms with Gasteiger partial charge in [-0.2, -0.15) is 0 Å². The van der Waals surface area contributed by atoms with Gasteiger partial charge in [-0.3, -0.25) is 0 Å². The van der Waals surface area contributed by atoms with E-state index >= 15 is 0 Å². The van der Waals surface area contributed by atoms with Gasteiger partial charge < -0.3 is 4.90 Å². The Morgan fingerprint density at radius 1 is 0.729 bits per heavy atom. The third-order valence-corrected chi connectivity index (χ3v) is 14.5. The number of carbonyl (C=O) groups excluding carboxylic acids is 3. The molecule has 0 spiro atoms. The summed E-state index contributed by atoms with van der Waals surface area (Å²) in [6.07, 6.45) is -0.555. The molecule has 6 aromatic rings. The third-order valence-electron chi connectivity index (χ3n) is 9.72. The van der Waals surface area contributed by atoms with Crippen LogP contribution < -0.4 is 29.5 Å². The van der Waals surface area contributed by atoms with Crippen molar-refractivity contribution in [3.8, 4) is 23.0 Å². The number of ketones is 2. The van der Waals surface area contributed by atoms with E-state index < -0.39 is 23.7 Å². The quantitative estimate of drug-likeness (QED) is 0.0252. The van der Waals surface area contributed by atoms with E-state index in [-0.39, 0.29) is 66.3 Å². The van der Waals surface area contributed by atoms with Crippen LogP contribution in [0.25, 0.3) is 30.3 Å². The number of hydrogen-bond donors (Lipinski definition) is 1. The molecule has 0 aliphatic heterocycles. The molecule has 1 atom stereocenters. The second-order valence-electron chi connectivity index (χ2n) is 13.6. The van der Waals surface area contributed by atoms with Gasteiger partial charge in [-0.15, -0.1) is 0 Å². The average Bonchev–Trinajstić information content (AvgIpc) is 3.84. The molecule has 0 aliphatic carbocycles. The van der Waals surface area contributed by atoms with Gasteiger partial charge in [0, 0.05) is 13.1 Å². The molecular formula is C44H45NO12Se2. The van der Waals surface area contributed by atoms with E-state index in [1.54, 1.807) is 27.2 Å². The summed E-state index contributed by atoms with van der Waals surface area (Å²) in [5.74, 6) is 0.305. The fourth-order valence-corrected chi connectivity index (χ4v) is 11.0. The zero-order valence-electron chi connectivity index (χ0n) is 33.4. The predicted molar refractivity (Wildman–Crippen MR) is 226 cm³/mol. The Bertz CT molecular complexity index is 2570. The number of rotatable bonds is 21. The average molecular weight is 938 g/mol. The number of aliphatic carboxylic acids is 1. The monoisotopic (exact) mass is 939 g/mol. The van der Waals surface area contributed by atoms with Crippen LogP contribution in [-0.2, 0) is 14.3 Å². The van der Waals surface area contributed by atoms with E-state index in [1.165, 1.54) is 6.07 Å². The van der Waals surface area contributed by atoms with Crippen LogP contribution >= 0.6 is 0 Å². The molecule has 13 nitrogen and oxygen atoms in total. The fraction of sp³-hybridized carbons (Fsp3) is 0.341. The Hall–Kier alpha value is -5.33. The number of hydrogen-bond acceptors (Lipinski definition) is 12. The number of nitrogens with zero attached hydrogens (tertiary/aromatic N) is 1. The van der Waals surface area contributed by atoms with Gasteiger partial charge in [-0.25, -0.2) is 0 Å². The van der Waals surface area contributed by atoms with Crippen molar-refractivity contribution < 1.29 is 52.4 Å². The number of Topliss-reactive ketones (excluding diaryl/α,β-unsaturated/α-hetero) is 2. The van der Waals surface area contributed by atoms with Crippen LogP contribution in [0.15, 0.2) is 69.9 Å². The summed E-state index contributed by atoms with van der Waals surface area (Å²) >= 11 is -0.530. The summed E-state index contributed by atoms with van der Waals surface area (Å²) in [6.45, 7) is 8.03. The number of carboxylic acid groups (broad SMARTS) is 1. The van der Waals surface area contributed by atoms with Crippen LogP contribution in [0.5, 0.6) is 23.0 Å². The van der Waals surface area contributed by atoms with E-state index in [0.717, 1.165) is 38.1 Å². The zero-order valence-corrected chi connectivity index (χ0v) is 36.8. The molecule has 3 heterocycles. The first-order valence-corrected chi connectivity index (χ1v) is 22.6. The molecule has 59 heavy (non-hydrogen) atoms. The number of fused-ring (bicyclic) bond motifs is 3. The number of esters is 1. The molecule has 0 aliphatic rings. The normalized spacial score (nSPS) is 11.7. The van der Waals surface area contributed by atoms with Gasteiger partial charge in [0.2, 0.25) is 0 Å². The predicted octanol–water partition coefficient (Wildman–Crippen LogP) is 7.24. The van der Waals surface area contributed by atoms with Gasteiger partial charge in [-0.05, 0) is 13.8 Å². The van der Waals surface area contributed by atoms with E-state index in [0.29, 0.717) is 68.0 Å². The van der Waals surface area contributed by atoms with Crippen molar-refractivity contribution in [3.63, 3.8) is 0 Å². The number of carboxylic acids is 1. The Balaban J connectivity index is 1.02. The van der Waals surface area contributed by atoms with Crippen molar-refractivity contribution in [1.29, 1.82) is 0 Å². The van der Waals surface area contributed by atoms with Gasteiger partial charge >= 0.3 is 322 Å². The SMILES string of the molecule is CCN(CC)c1ccc2c(C(C)OC(=O)CCC(=O)c3cc4cc(OCCCOc5cc6cc(C(=O)CCC(=O)O)[se]c6cc5OC)c(OC)cc4[se]3)cc(=O)oc2c1. The summed E-state index contributed by atoms with van der Waals surface area (Å²) < 4.78 is 37.7. The maximum atomic E-state index is 13.3. The molecule has 1 unspecified atom stereocenters. The number of methoxy groups -OCH3 is 2. The van der Waals surface area contributed by atoms with E-state index in [9.17, 15) is 24.0 Å². The number of benzene rings is 3. The Morgan fingerprint density at radius 3 is 1.81 bits per heavy atom. The second kappa shape index (κ2) is 19.6. The minimum absolute atomic E-state index is 0.0171. The molecule has 3 aromatic heterocycles. The van der Waals surface area contributed by atoms with Gasteiger partial charge in [0.15, 0.2) is 0 Å². The molecule has 0 bridgehead atoms. The van der Waals surface area contributed by atoms with E-state index in [4.69, 9.17) is 33.2 Å². The molecule has 0 saturated heterocycles. The molecule has 6 rings (SSSR count). The van der Waals surface area contributed by atoms with Gasteiger partial charge in [-0.1, -0.05) is 0 Å². The van der Waals surface area contributed by atoms with Gasteiger partial charge in [0.05, 0.1) is 0 Å². The van der Waals surface area contributed by atoms with Crippen LogP contribution in [0.2, 0.25) is 0 Å². The fourth-order valence-electron chi connectivity index (χ4n) is 6.64. The molecule has 0 fully saturated rings. The molecule has 1 N–H and O–H groups in total. The van der Waals surface area contributed by atoms with Crippen molar-refractivity contribution >= 4 is 88.5 Å². The van der Waals surface area contributed by atoms with Crippen molar-refractivity contribution in [2.24, 2.45) is 0 Å². The summed E-state index contributed by atoms with van der Waals surface area (Å²) in [6, 6.07) is 18.1. The molecule has 15 heteroatoms. The van der Waals surface area contributed by atoms with E-state index in [1.807, 2.05) is 62.4 Å². The molecule has 3 aromatic carbocycles. The van der Waals surface area contributed by atoms with E-state index in [2.05, 4.69) is 4.90 Å². The number of ether oxygens (including phenoxy) is 5. The molecular weight excluding hydrogens is 892 g/mol. The molecule has 0 saturated carbocycles. The molecule has 310 valence electrons.